The quantitative estimate of drug-likeness (QED) is 0.693. The fraction of sp³-hybridized carbons (Fsp3) is 0.333. The molecule has 1 N–H and O–H groups in total. The second kappa shape index (κ2) is 8.62. The smallest absolute Gasteiger partial charge is 0.251 e. The molecule has 0 bridgehead atoms. The third-order valence-electron chi connectivity index (χ3n) is 5.61. The highest BCUT2D eigenvalue weighted by atomic mass is 16.1. The van der Waals surface area contributed by atoms with Gasteiger partial charge < -0.3 is 5.32 Å². The molecule has 2 aromatic carbocycles. The summed E-state index contributed by atoms with van der Waals surface area (Å²) in [5.74, 6) is -0.0370. The summed E-state index contributed by atoms with van der Waals surface area (Å²) >= 11 is 0. The first-order valence-electron chi connectivity index (χ1n) is 10.3. The highest BCUT2D eigenvalue weighted by Gasteiger charge is 2.24. The normalized spacial score (nSPS) is 15.4. The van der Waals surface area contributed by atoms with Crippen LogP contribution >= 0.6 is 0 Å². The number of aryl methyl sites for hydroxylation is 2. The maximum absolute atomic E-state index is 12.8. The van der Waals surface area contributed by atoms with Crippen LogP contribution in [0.25, 0.3) is 5.69 Å². The third-order valence-corrected chi connectivity index (χ3v) is 5.61. The van der Waals surface area contributed by atoms with Gasteiger partial charge in [0.15, 0.2) is 0 Å². The van der Waals surface area contributed by atoms with E-state index >= 15 is 0 Å². The van der Waals surface area contributed by atoms with Crippen molar-refractivity contribution in [3.05, 3.63) is 83.2 Å². The molecular formula is C24H28N4O. The first kappa shape index (κ1) is 19.4. The summed E-state index contributed by atoms with van der Waals surface area (Å²) in [6.07, 6.45) is 2.45. The molecule has 1 aromatic heterocycles. The second-order valence-electron chi connectivity index (χ2n) is 7.77. The number of carbonyl (C=O) groups is 1. The number of hydrogen-bond donors (Lipinski definition) is 1. The van der Waals surface area contributed by atoms with Gasteiger partial charge in [-0.3, -0.25) is 9.69 Å². The lowest BCUT2D eigenvalue weighted by Gasteiger charge is -2.28. The van der Waals surface area contributed by atoms with Gasteiger partial charge in [0.2, 0.25) is 0 Å². The van der Waals surface area contributed by atoms with Crippen molar-refractivity contribution in [1.29, 1.82) is 0 Å². The van der Waals surface area contributed by atoms with Gasteiger partial charge in [0.25, 0.3) is 5.91 Å². The Hall–Kier alpha value is -2.92. The summed E-state index contributed by atoms with van der Waals surface area (Å²) < 4.78 is 1.90. The Morgan fingerprint density at radius 3 is 2.34 bits per heavy atom. The Kier molecular flexibility index (Phi) is 5.76. The lowest BCUT2D eigenvalue weighted by atomic mass is 10.1. The van der Waals surface area contributed by atoms with Crippen molar-refractivity contribution in [1.82, 2.24) is 20.0 Å². The Morgan fingerprint density at radius 1 is 1.03 bits per heavy atom. The number of nitrogens with one attached hydrogen (secondary N) is 1. The average molecular weight is 389 g/mol. The predicted octanol–water partition coefficient (Wildman–Crippen LogP) is 4.06. The van der Waals surface area contributed by atoms with Gasteiger partial charge in [-0.15, -0.1) is 0 Å². The van der Waals surface area contributed by atoms with Gasteiger partial charge >= 0.3 is 0 Å². The number of nitrogens with zero attached hydrogens (tertiary/aromatic N) is 3. The molecule has 0 spiro atoms. The summed E-state index contributed by atoms with van der Waals surface area (Å²) in [5, 5.41) is 7.65. The zero-order valence-corrected chi connectivity index (χ0v) is 17.1. The number of aromatic nitrogens is 2. The minimum Gasteiger partial charge on any atom is -0.350 e. The second-order valence-corrected chi connectivity index (χ2v) is 7.77. The van der Waals surface area contributed by atoms with Crippen molar-refractivity contribution in [2.75, 3.05) is 19.6 Å². The van der Waals surface area contributed by atoms with Gasteiger partial charge in [-0.25, -0.2) is 4.68 Å². The largest absolute Gasteiger partial charge is 0.350 e. The van der Waals surface area contributed by atoms with Crippen molar-refractivity contribution >= 4 is 5.91 Å². The van der Waals surface area contributed by atoms with E-state index in [0.717, 1.165) is 30.2 Å². The Labute approximate surface area is 172 Å². The first-order valence-corrected chi connectivity index (χ1v) is 10.3. The molecule has 0 saturated carbocycles. The summed E-state index contributed by atoms with van der Waals surface area (Å²) in [7, 11) is 0. The summed E-state index contributed by atoms with van der Waals surface area (Å²) in [5.41, 5.74) is 4.96. The van der Waals surface area contributed by atoms with Crippen molar-refractivity contribution in [2.24, 2.45) is 0 Å². The van der Waals surface area contributed by atoms with Crippen LogP contribution in [0, 0.1) is 13.8 Å². The van der Waals surface area contributed by atoms with Gasteiger partial charge in [0.1, 0.15) is 0 Å². The first-order chi connectivity index (χ1) is 14.1. The van der Waals surface area contributed by atoms with Crippen LogP contribution in [0.5, 0.6) is 0 Å². The van der Waals surface area contributed by atoms with Crippen molar-refractivity contribution in [3.63, 3.8) is 0 Å². The molecular weight excluding hydrogens is 360 g/mol. The molecule has 0 aliphatic carbocycles. The van der Waals surface area contributed by atoms with Crippen molar-refractivity contribution in [3.8, 4) is 5.69 Å². The van der Waals surface area contributed by atoms with Gasteiger partial charge in [-0.1, -0.05) is 30.3 Å². The van der Waals surface area contributed by atoms with E-state index in [0.29, 0.717) is 12.1 Å². The molecule has 1 fully saturated rings. The van der Waals surface area contributed by atoms with Crippen LogP contribution in [0.3, 0.4) is 0 Å². The molecule has 3 aromatic rings. The van der Waals surface area contributed by atoms with E-state index in [1.54, 1.807) is 0 Å². The summed E-state index contributed by atoms with van der Waals surface area (Å²) in [6, 6.07) is 20.4. The Morgan fingerprint density at radius 2 is 1.72 bits per heavy atom. The van der Waals surface area contributed by atoms with Gasteiger partial charge in [0.05, 0.1) is 17.4 Å². The van der Waals surface area contributed by atoms with Crippen LogP contribution in [-0.4, -0.2) is 40.2 Å². The predicted molar refractivity (Wildman–Crippen MR) is 115 cm³/mol. The molecule has 2 heterocycles. The maximum atomic E-state index is 12.8. The van der Waals surface area contributed by atoms with E-state index in [9.17, 15) is 4.79 Å². The molecule has 1 saturated heterocycles. The standard InChI is InChI=1S/C24H28N4O/c1-18-16-19(2)28(26-18)22-12-10-21(11-13-22)24(29)25-17-23(27-14-6-7-15-27)20-8-4-3-5-9-20/h3-5,8-13,16,23H,6-7,14-15,17H2,1-2H3,(H,25,29). The molecule has 5 nitrogen and oxygen atoms in total. The number of hydrogen-bond acceptors (Lipinski definition) is 3. The molecule has 29 heavy (non-hydrogen) atoms. The minimum atomic E-state index is -0.0370. The van der Waals surface area contributed by atoms with Crippen LogP contribution in [-0.2, 0) is 0 Å². The fourth-order valence-corrected chi connectivity index (χ4v) is 4.12. The topological polar surface area (TPSA) is 50.2 Å². The number of carbonyl (C=O) groups excluding carboxylic acids is 1. The van der Waals surface area contributed by atoms with E-state index in [-0.39, 0.29) is 11.9 Å². The highest BCUT2D eigenvalue weighted by molar-refractivity contribution is 5.94. The van der Waals surface area contributed by atoms with Gasteiger partial charge in [0, 0.05) is 17.8 Å². The Balaban J connectivity index is 1.44. The highest BCUT2D eigenvalue weighted by Crippen LogP contribution is 2.24. The van der Waals surface area contributed by atoms with E-state index in [2.05, 4.69) is 39.6 Å². The fourth-order valence-electron chi connectivity index (χ4n) is 4.12. The molecule has 0 radical (unpaired) electrons. The molecule has 1 atom stereocenters. The van der Waals surface area contributed by atoms with Gasteiger partial charge in [-0.2, -0.15) is 5.10 Å². The van der Waals surface area contributed by atoms with Crippen molar-refractivity contribution < 1.29 is 4.79 Å². The molecule has 4 rings (SSSR count). The number of benzene rings is 2. The van der Waals surface area contributed by atoms with E-state index in [4.69, 9.17) is 0 Å². The Bertz CT molecular complexity index is 956. The molecule has 1 amide bonds. The number of rotatable bonds is 6. The molecule has 150 valence electrons. The molecule has 5 heteroatoms. The summed E-state index contributed by atoms with van der Waals surface area (Å²) in [4.78, 5) is 15.2. The van der Waals surface area contributed by atoms with E-state index in [1.807, 2.05) is 54.9 Å². The lowest BCUT2D eigenvalue weighted by molar-refractivity contribution is 0.0938. The van der Waals surface area contributed by atoms with E-state index in [1.165, 1.54) is 18.4 Å². The third kappa shape index (κ3) is 4.40. The van der Waals surface area contributed by atoms with E-state index < -0.39 is 0 Å². The zero-order valence-electron chi connectivity index (χ0n) is 17.1. The van der Waals surface area contributed by atoms with Gasteiger partial charge in [-0.05, 0) is 75.7 Å². The molecule has 1 aliphatic rings. The number of amides is 1. The average Bonchev–Trinajstić information content (AvgIpc) is 3.38. The van der Waals surface area contributed by atoms with Crippen LogP contribution in [0.1, 0.15) is 46.2 Å². The monoisotopic (exact) mass is 388 g/mol. The molecule has 1 aliphatic heterocycles. The number of likely N-dealkylation sites (tertiary alicyclic amines) is 1. The van der Waals surface area contributed by atoms with Crippen LogP contribution < -0.4 is 5.32 Å². The summed E-state index contributed by atoms with van der Waals surface area (Å²) in [6.45, 7) is 6.80. The van der Waals surface area contributed by atoms with Crippen LogP contribution in [0.4, 0.5) is 0 Å². The lowest BCUT2D eigenvalue weighted by Crippen LogP contribution is -2.36. The maximum Gasteiger partial charge on any atom is 0.251 e. The minimum absolute atomic E-state index is 0.0370. The SMILES string of the molecule is Cc1cc(C)n(-c2ccc(C(=O)NCC(c3ccccc3)N3CCCC3)cc2)n1. The van der Waals surface area contributed by atoms with Crippen molar-refractivity contribution in [2.45, 2.75) is 32.7 Å². The zero-order chi connectivity index (χ0) is 20.2. The molecule has 1 unspecified atom stereocenters. The van der Waals surface area contributed by atoms with Crippen LogP contribution in [0.15, 0.2) is 60.7 Å². The van der Waals surface area contributed by atoms with Crippen LogP contribution in [0.2, 0.25) is 0 Å².